The van der Waals surface area contributed by atoms with Crippen molar-refractivity contribution < 1.29 is 9.53 Å². The van der Waals surface area contributed by atoms with Gasteiger partial charge in [-0.1, -0.05) is 26.8 Å². The molecule has 0 aromatic carbocycles. The van der Waals surface area contributed by atoms with Crippen LogP contribution < -0.4 is 0 Å². The largest absolute Gasteiger partial charge is 0.414 e. The molecule has 0 heterocycles. The predicted molar refractivity (Wildman–Crippen MR) is 68.6 cm³/mol. The minimum atomic E-state index is -1.70. The van der Waals surface area contributed by atoms with Gasteiger partial charge in [-0.2, -0.15) is 0 Å². The molecule has 0 bridgehead atoms. The summed E-state index contributed by atoms with van der Waals surface area (Å²) in [6, 6.07) is 0. The van der Waals surface area contributed by atoms with E-state index in [1.54, 1.807) is 0 Å². The lowest BCUT2D eigenvalue weighted by atomic mass is 10.2. The highest BCUT2D eigenvalue weighted by molar-refractivity contribution is 6.74. The summed E-state index contributed by atoms with van der Waals surface area (Å²) in [5.41, 5.74) is 0. The van der Waals surface area contributed by atoms with Crippen molar-refractivity contribution in [1.29, 1.82) is 0 Å². The Hall–Kier alpha value is -0.123. The summed E-state index contributed by atoms with van der Waals surface area (Å²) in [5, 5.41) is 9.19. The highest BCUT2D eigenvalue weighted by Gasteiger charge is 2.38. The number of hydrogen-bond acceptors (Lipinski definition) is 2. The highest BCUT2D eigenvalue weighted by Crippen LogP contribution is 2.37. The Morgan fingerprint density at radius 3 is 2.27 bits per heavy atom. The first-order valence-electron chi connectivity index (χ1n) is 5.64. The lowest BCUT2D eigenvalue weighted by Gasteiger charge is -2.39. The van der Waals surface area contributed by atoms with Gasteiger partial charge in [0.15, 0.2) is 8.32 Å². The number of rotatable bonds is 6. The Balaban J connectivity index is 4.43. The smallest absolute Gasteiger partial charge is 0.192 e. The van der Waals surface area contributed by atoms with Gasteiger partial charge in [-0.3, -0.25) is 0 Å². The van der Waals surface area contributed by atoms with E-state index in [1.165, 1.54) is 0 Å². The summed E-state index contributed by atoms with van der Waals surface area (Å²) in [6.45, 7) is 15.1. The maximum atomic E-state index is 8.96. The second kappa shape index (κ2) is 5.82. The summed E-state index contributed by atoms with van der Waals surface area (Å²) in [5.74, 6) is 0. The maximum absolute atomic E-state index is 8.96. The molecule has 0 spiro atoms. The third-order valence-corrected chi connectivity index (χ3v) is 7.68. The zero-order valence-corrected chi connectivity index (χ0v) is 11.8. The molecule has 0 saturated heterocycles. The van der Waals surface area contributed by atoms with Crippen molar-refractivity contribution in [3.8, 4) is 0 Å². The summed E-state index contributed by atoms with van der Waals surface area (Å²) < 4.78 is 6.19. The Morgan fingerprint density at radius 1 is 1.40 bits per heavy atom. The summed E-state index contributed by atoms with van der Waals surface area (Å²) >= 11 is 0. The second-order valence-corrected chi connectivity index (χ2v) is 10.3. The molecule has 0 amide bonds. The second-order valence-electron chi connectivity index (χ2n) is 5.54. The molecule has 0 aliphatic rings. The SMILES string of the molecule is C=CC[C@@H](CCO)O[Si](C)(C)C(C)(C)C. The van der Waals surface area contributed by atoms with Crippen LogP contribution in [0.5, 0.6) is 0 Å². The monoisotopic (exact) mass is 230 g/mol. The molecule has 0 unspecified atom stereocenters. The summed E-state index contributed by atoms with van der Waals surface area (Å²) in [7, 11) is -1.70. The quantitative estimate of drug-likeness (QED) is 0.560. The van der Waals surface area contributed by atoms with Gasteiger partial charge in [-0.25, -0.2) is 0 Å². The minimum Gasteiger partial charge on any atom is -0.414 e. The van der Waals surface area contributed by atoms with Crippen molar-refractivity contribution >= 4 is 8.32 Å². The first kappa shape index (κ1) is 14.9. The van der Waals surface area contributed by atoms with Crippen molar-refractivity contribution in [2.24, 2.45) is 0 Å². The van der Waals surface area contributed by atoms with Crippen LogP contribution in [0.2, 0.25) is 18.1 Å². The van der Waals surface area contributed by atoms with Crippen LogP contribution in [0.3, 0.4) is 0 Å². The molecule has 0 saturated carbocycles. The molecule has 2 nitrogen and oxygen atoms in total. The lowest BCUT2D eigenvalue weighted by molar-refractivity contribution is 0.142. The predicted octanol–water partition coefficient (Wildman–Crippen LogP) is 3.34. The molecule has 1 N–H and O–H groups in total. The normalized spacial score (nSPS) is 15.1. The first-order chi connectivity index (χ1) is 6.74. The van der Waals surface area contributed by atoms with Crippen molar-refractivity contribution in [3.63, 3.8) is 0 Å². The van der Waals surface area contributed by atoms with Crippen LogP contribution in [0.25, 0.3) is 0 Å². The molecule has 0 aromatic heterocycles. The van der Waals surface area contributed by atoms with Crippen LogP contribution in [0.4, 0.5) is 0 Å². The molecule has 1 atom stereocenters. The molecule has 3 heteroatoms. The zero-order chi connectivity index (χ0) is 12.1. The lowest BCUT2D eigenvalue weighted by Crippen LogP contribution is -2.44. The fourth-order valence-electron chi connectivity index (χ4n) is 1.15. The van der Waals surface area contributed by atoms with E-state index in [4.69, 9.17) is 9.53 Å². The molecule has 0 aliphatic heterocycles. The van der Waals surface area contributed by atoms with Gasteiger partial charge in [0.05, 0.1) is 6.10 Å². The molecule has 0 radical (unpaired) electrons. The van der Waals surface area contributed by atoms with Crippen LogP contribution in [-0.2, 0) is 4.43 Å². The summed E-state index contributed by atoms with van der Waals surface area (Å²) in [6.07, 6.45) is 3.53. The fraction of sp³-hybridized carbons (Fsp3) is 0.833. The Labute approximate surface area is 95.5 Å². The van der Waals surface area contributed by atoms with E-state index in [0.717, 1.165) is 6.42 Å². The van der Waals surface area contributed by atoms with E-state index in [9.17, 15) is 0 Å². The minimum absolute atomic E-state index is 0.133. The van der Waals surface area contributed by atoms with E-state index in [2.05, 4.69) is 40.4 Å². The van der Waals surface area contributed by atoms with Crippen LogP contribution in [0.1, 0.15) is 33.6 Å². The van der Waals surface area contributed by atoms with Gasteiger partial charge >= 0.3 is 0 Å². The van der Waals surface area contributed by atoms with E-state index in [-0.39, 0.29) is 17.7 Å². The number of hydrogen-bond donors (Lipinski definition) is 1. The van der Waals surface area contributed by atoms with Crippen molar-refractivity contribution in [2.45, 2.75) is 57.8 Å². The topological polar surface area (TPSA) is 29.5 Å². The average Bonchev–Trinajstić information content (AvgIpc) is 2.02. The summed E-state index contributed by atoms with van der Waals surface area (Å²) in [4.78, 5) is 0. The molecule has 0 rings (SSSR count). The van der Waals surface area contributed by atoms with Gasteiger partial charge in [0.2, 0.25) is 0 Å². The average molecular weight is 230 g/mol. The standard InChI is InChI=1S/C12H26O2Si/c1-7-8-11(9-10-13)14-15(5,6)12(2,3)4/h7,11,13H,1,8-10H2,2-6H3/t11-/m0/s1. The van der Waals surface area contributed by atoms with E-state index in [1.807, 2.05) is 6.08 Å². The van der Waals surface area contributed by atoms with Crippen molar-refractivity contribution in [1.82, 2.24) is 0 Å². The molecule has 90 valence electrons. The van der Waals surface area contributed by atoms with Crippen LogP contribution in [-0.4, -0.2) is 26.1 Å². The molecular formula is C12H26O2Si. The van der Waals surface area contributed by atoms with Crippen LogP contribution in [0.15, 0.2) is 12.7 Å². The maximum Gasteiger partial charge on any atom is 0.192 e. The van der Waals surface area contributed by atoms with E-state index >= 15 is 0 Å². The number of aliphatic hydroxyl groups excluding tert-OH is 1. The molecule has 0 fully saturated rings. The fourth-order valence-corrected chi connectivity index (χ4v) is 2.55. The van der Waals surface area contributed by atoms with Gasteiger partial charge in [0.25, 0.3) is 0 Å². The third-order valence-electron chi connectivity index (χ3n) is 3.15. The van der Waals surface area contributed by atoms with Crippen LogP contribution in [0, 0.1) is 0 Å². The Bertz CT molecular complexity index is 194. The van der Waals surface area contributed by atoms with Gasteiger partial charge in [0.1, 0.15) is 0 Å². The van der Waals surface area contributed by atoms with Crippen molar-refractivity contribution in [3.05, 3.63) is 12.7 Å². The molecule has 15 heavy (non-hydrogen) atoms. The van der Waals surface area contributed by atoms with Gasteiger partial charge in [0, 0.05) is 6.61 Å². The third kappa shape index (κ3) is 4.95. The molecule has 0 aliphatic carbocycles. The van der Waals surface area contributed by atoms with Gasteiger partial charge < -0.3 is 9.53 Å². The number of aliphatic hydroxyl groups is 1. The Kier molecular flexibility index (Phi) is 5.78. The molecular weight excluding hydrogens is 204 g/mol. The van der Waals surface area contributed by atoms with E-state index in [0.29, 0.717) is 6.42 Å². The first-order valence-corrected chi connectivity index (χ1v) is 8.55. The Morgan fingerprint density at radius 2 is 1.93 bits per heavy atom. The van der Waals surface area contributed by atoms with Crippen molar-refractivity contribution in [2.75, 3.05) is 6.61 Å². The van der Waals surface area contributed by atoms with Crippen LogP contribution >= 0.6 is 0 Å². The van der Waals surface area contributed by atoms with Gasteiger partial charge in [-0.05, 0) is 31.0 Å². The zero-order valence-electron chi connectivity index (χ0n) is 10.8. The highest BCUT2D eigenvalue weighted by atomic mass is 28.4. The molecule has 0 aromatic rings. The van der Waals surface area contributed by atoms with Gasteiger partial charge in [-0.15, -0.1) is 6.58 Å². The van der Waals surface area contributed by atoms with E-state index < -0.39 is 8.32 Å².